The van der Waals surface area contributed by atoms with Gasteiger partial charge in [-0.1, -0.05) is 32.0 Å². The molecule has 1 heterocycles. The van der Waals surface area contributed by atoms with Crippen LogP contribution in [0.15, 0.2) is 48.5 Å². The first-order chi connectivity index (χ1) is 13.0. The second-order valence-electron chi connectivity index (χ2n) is 6.83. The summed E-state index contributed by atoms with van der Waals surface area (Å²) in [6.45, 7) is 5.63. The molecular formula is C21H26N2O4. The van der Waals surface area contributed by atoms with Gasteiger partial charge in [-0.2, -0.15) is 0 Å². The zero-order chi connectivity index (χ0) is 19.2. The van der Waals surface area contributed by atoms with Crippen molar-refractivity contribution in [3.05, 3.63) is 54.1 Å². The SMILES string of the molecule is CC(C)NCC(O)COc1ccc2c(c1)OCCN2C(=O)c1ccccc1. The molecule has 1 atom stereocenters. The second kappa shape index (κ2) is 8.88. The highest BCUT2D eigenvalue weighted by Crippen LogP contribution is 2.35. The van der Waals surface area contributed by atoms with Crippen molar-refractivity contribution in [2.45, 2.75) is 26.0 Å². The van der Waals surface area contributed by atoms with Crippen LogP contribution in [-0.4, -0.2) is 49.5 Å². The lowest BCUT2D eigenvalue weighted by Gasteiger charge is -2.30. The number of carbonyl (C=O) groups is 1. The van der Waals surface area contributed by atoms with Gasteiger partial charge in [0.15, 0.2) is 0 Å². The first-order valence-electron chi connectivity index (χ1n) is 9.22. The molecule has 2 N–H and O–H groups in total. The van der Waals surface area contributed by atoms with Gasteiger partial charge >= 0.3 is 0 Å². The number of anilines is 1. The standard InChI is InChI=1S/C21H26N2O4/c1-15(2)22-13-17(24)14-27-18-8-9-19-20(12-18)26-11-10-23(19)21(25)16-6-4-3-5-7-16/h3-9,12,15,17,22,24H,10-11,13-14H2,1-2H3. The van der Waals surface area contributed by atoms with E-state index < -0.39 is 6.10 Å². The van der Waals surface area contributed by atoms with E-state index in [1.807, 2.05) is 50.2 Å². The Labute approximate surface area is 159 Å². The molecule has 0 saturated heterocycles. The molecule has 0 aromatic heterocycles. The van der Waals surface area contributed by atoms with Gasteiger partial charge in [0.05, 0.1) is 12.2 Å². The average molecular weight is 370 g/mol. The molecule has 0 bridgehead atoms. The van der Waals surface area contributed by atoms with E-state index in [-0.39, 0.29) is 12.5 Å². The van der Waals surface area contributed by atoms with E-state index in [4.69, 9.17) is 9.47 Å². The van der Waals surface area contributed by atoms with Gasteiger partial charge < -0.3 is 24.8 Å². The van der Waals surface area contributed by atoms with E-state index in [0.717, 1.165) is 5.69 Å². The fourth-order valence-corrected chi connectivity index (χ4v) is 2.86. The number of amides is 1. The van der Waals surface area contributed by atoms with Crippen LogP contribution in [0.1, 0.15) is 24.2 Å². The van der Waals surface area contributed by atoms with Crippen LogP contribution in [0.5, 0.6) is 11.5 Å². The van der Waals surface area contributed by atoms with Crippen LogP contribution < -0.4 is 19.7 Å². The highest BCUT2D eigenvalue weighted by Gasteiger charge is 2.25. The molecule has 1 amide bonds. The maximum atomic E-state index is 12.8. The van der Waals surface area contributed by atoms with Gasteiger partial charge in [-0.05, 0) is 24.3 Å². The van der Waals surface area contributed by atoms with Gasteiger partial charge in [0.2, 0.25) is 0 Å². The van der Waals surface area contributed by atoms with Crippen molar-refractivity contribution < 1.29 is 19.4 Å². The highest BCUT2D eigenvalue weighted by atomic mass is 16.5. The molecule has 6 heteroatoms. The summed E-state index contributed by atoms with van der Waals surface area (Å²) in [5.41, 5.74) is 1.37. The Hall–Kier alpha value is -2.57. The van der Waals surface area contributed by atoms with Crippen molar-refractivity contribution in [2.24, 2.45) is 0 Å². The molecule has 1 unspecified atom stereocenters. The lowest BCUT2D eigenvalue weighted by atomic mass is 10.1. The van der Waals surface area contributed by atoms with Crippen LogP contribution in [0.2, 0.25) is 0 Å². The lowest BCUT2D eigenvalue weighted by molar-refractivity contribution is 0.0976. The van der Waals surface area contributed by atoms with Crippen LogP contribution in [0, 0.1) is 0 Å². The van der Waals surface area contributed by atoms with E-state index in [1.165, 1.54) is 0 Å². The van der Waals surface area contributed by atoms with Crippen LogP contribution in [-0.2, 0) is 0 Å². The van der Waals surface area contributed by atoms with Gasteiger partial charge in [0.1, 0.15) is 30.8 Å². The molecule has 3 rings (SSSR count). The third-order valence-corrected chi connectivity index (χ3v) is 4.26. The maximum Gasteiger partial charge on any atom is 0.258 e. The Balaban J connectivity index is 1.67. The molecule has 2 aromatic carbocycles. The fourth-order valence-electron chi connectivity index (χ4n) is 2.86. The number of ether oxygens (including phenoxy) is 2. The number of fused-ring (bicyclic) bond motifs is 1. The molecule has 0 saturated carbocycles. The molecule has 6 nitrogen and oxygen atoms in total. The summed E-state index contributed by atoms with van der Waals surface area (Å²) >= 11 is 0. The van der Waals surface area contributed by atoms with Crippen molar-refractivity contribution in [1.29, 1.82) is 0 Å². The van der Waals surface area contributed by atoms with E-state index in [1.54, 1.807) is 17.0 Å². The number of rotatable bonds is 7. The molecule has 1 aliphatic heterocycles. The van der Waals surface area contributed by atoms with Crippen LogP contribution in [0.3, 0.4) is 0 Å². The Bertz CT molecular complexity index is 764. The van der Waals surface area contributed by atoms with E-state index in [2.05, 4.69) is 5.32 Å². The Morgan fingerprint density at radius 1 is 1.26 bits per heavy atom. The average Bonchev–Trinajstić information content (AvgIpc) is 2.70. The van der Waals surface area contributed by atoms with Gasteiger partial charge in [0, 0.05) is 24.2 Å². The summed E-state index contributed by atoms with van der Waals surface area (Å²) < 4.78 is 11.4. The summed E-state index contributed by atoms with van der Waals surface area (Å²) in [7, 11) is 0. The monoisotopic (exact) mass is 370 g/mol. The molecule has 0 spiro atoms. The number of aliphatic hydroxyl groups excluding tert-OH is 1. The molecule has 2 aromatic rings. The minimum absolute atomic E-state index is 0.0519. The number of hydrogen-bond acceptors (Lipinski definition) is 5. The molecular weight excluding hydrogens is 344 g/mol. The van der Waals surface area contributed by atoms with Crippen molar-refractivity contribution >= 4 is 11.6 Å². The van der Waals surface area contributed by atoms with Crippen LogP contribution >= 0.6 is 0 Å². The predicted molar refractivity (Wildman–Crippen MR) is 105 cm³/mol. The van der Waals surface area contributed by atoms with Gasteiger partial charge in [-0.3, -0.25) is 4.79 Å². The largest absolute Gasteiger partial charge is 0.491 e. The normalized spacial score (nSPS) is 14.4. The summed E-state index contributed by atoms with van der Waals surface area (Å²) in [6, 6.07) is 14.9. The third-order valence-electron chi connectivity index (χ3n) is 4.26. The number of nitrogens with one attached hydrogen (secondary N) is 1. The maximum absolute atomic E-state index is 12.8. The number of aliphatic hydroxyl groups is 1. The Morgan fingerprint density at radius 2 is 2.04 bits per heavy atom. The molecule has 27 heavy (non-hydrogen) atoms. The summed E-state index contributed by atoms with van der Waals surface area (Å²) in [5.74, 6) is 1.16. The quantitative estimate of drug-likeness (QED) is 0.783. The van der Waals surface area contributed by atoms with E-state index in [0.29, 0.717) is 42.8 Å². The number of hydrogen-bond donors (Lipinski definition) is 2. The lowest BCUT2D eigenvalue weighted by Crippen LogP contribution is -2.38. The van der Waals surface area contributed by atoms with Crippen molar-refractivity contribution in [3.63, 3.8) is 0 Å². The van der Waals surface area contributed by atoms with Gasteiger partial charge in [0.25, 0.3) is 5.91 Å². The van der Waals surface area contributed by atoms with Gasteiger partial charge in [-0.15, -0.1) is 0 Å². The zero-order valence-corrected chi connectivity index (χ0v) is 15.7. The first kappa shape index (κ1) is 19.2. The van der Waals surface area contributed by atoms with Crippen molar-refractivity contribution in [1.82, 2.24) is 5.32 Å². The minimum atomic E-state index is -0.597. The van der Waals surface area contributed by atoms with E-state index >= 15 is 0 Å². The fraction of sp³-hybridized carbons (Fsp3) is 0.381. The highest BCUT2D eigenvalue weighted by molar-refractivity contribution is 6.07. The third kappa shape index (κ3) is 4.99. The molecule has 1 aliphatic rings. The van der Waals surface area contributed by atoms with Crippen molar-refractivity contribution in [3.8, 4) is 11.5 Å². The molecule has 0 fully saturated rings. The topological polar surface area (TPSA) is 71.0 Å². The number of carbonyl (C=O) groups excluding carboxylic acids is 1. The Kier molecular flexibility index (Phi) is 6.32. The zero-order valence-electron chi connectivity index (χ0n) is 15.7. The molecule has 144 valence electrons. The Morgan fingerprint density at radius 3 is 2.78 bits per heavy atom. The summed E-state index contributed by atoms with van der Waals surface area (Å²) in [5, 5.41) is 13.1. The number of benzene rings is 2. The second-order valence-corrected chi connectivity index (χ2v) is 6.83. The first-order valence-corrected chi connectivity index (χ1v) is 9.22. The molecule has 0 radical (unpaired) electrons. The summed E-state index contributed by atoms with van der Waals surface area (Å²) in [6.07, 6.45) is -0.597. The predicted octanol–water partition coefficient (Wildman–Crippen LogP) is 2.46. The van der Waals surface area contributed by atoms with Gasteiger partial charge in [-0.25, -0.2) is 0 Å². The minimum Gasteiger partial charge on any atom is -0.491 e. The van der Waals surface area contributed by atoms with Crippen LogP contribution in [0.4, 0.5) is 5.69 Å². The van der Waals surface area contributed by atoms with Crippen molar-refractivity contribution in [2.75, 3.05) is 31.2 Å². The van der Waals surface area contributed by atoms with Crippen LogP contribution in [0.25, 0.3) is 0 Å². The van der Waals surface area contributed by atoms with E-state index in [9.17, 15) is 9.90 Å². The smallest absolute Gasteiger partial charge is 0.258 e. The summed E-state index contributed by atoms with van der Waals surface area (Å²) in [4.78, 5) is 14.5. The number of nitrogens with zero attached hydrogens (tertiary/aromatic N) is 1. The molecule has 0 aliphatic carbocycles.